The third-order valence-electron chi connectivity index (χ3n) is 4.89. The van der Waals surface area contributed by atoms with E-state index in [9.17, 15) is 9.59 Å². The SMILES string of the molecule is CCc1ccccc1NC(=O)N(CC(=O)N(CCOC)Cc1ccc(C)o1)C(C)C. The quantitative estimate of drug-likeness (QED) is 0.635. The number of urea groups is 1. The minimum Gasteiger partial charge on any atom is -0.464 e. The summed E-state index contributed by atoms with van der Waals surface area (Å²) in [5.41, 5.74) is 1.82. The molecule has 1 aromatic carbocycles. The minimum absolute atomic E-state index is 0.0266. The first-order valence-corrected chi connectivity index (χ1v) is 10.3. The van der Waals surface area contributed by atoms with Gasteiger partial charge in [0, 0.05) is 25.4 Å². The average molecular weight is 416 g/mol. The fraction of sp³-hybridized carbons (Fsp3) is 0.478. The molecular weight excluding hydrogens is 382 g/mol. The van der Waals surface area contributed by atoms with Crippen molar-refractivity contribution in [1.29, 1.82) is 0 Å². The van der Waals surface area contributed by atoms with Crippen molar-refractivity contribution in [2.45, 2.75) is 46.7 Å². The number of nitrogens with zero attached hydrogens (tertiary/aromatic N) is 2. The molecule has 7 nitrogen and oxygen atoms in total. The second-order valence-corrected chi connectivity index (χ2v) is 7.48. The number of carbonyl (C=O) groups excluding carboxylic acids is 2. The smallest absolute Gasteiger partial charge is 0.322 e. The van der Waals surface area contributed by atoms with Gasteiger partial charge in [0.1, 0.15) is 18.1 Å². The molecule has 0 spiro atoms. The van der Waals surface area contributed by atoms with Crippen LogP contribution >= 0.6 is 0 Å². The number of hydrogen-bond donors (Lipinski definition) is 1. The van der Waals surface area contributed by atoms with Crippen LogP contribution in [0.1, 0.15) is 37.9 Å². The molecule has 0 aliphatic rings. The van der Waals surface area contributed by atoms with Crippen LogP contribution in [0.2, 0.25) is 0 Å². The highest BCUT2D eigenvalue weighted by Crippen LogP contribution is 2.17. The summed E-state index contributed by atoms with van der Waals surface area (Å²) in [7, 11) is 1.60. The van der Waals surface area contributed by atoms with Crippen molar-refractivity contribution >= 4 is 17.6 Å². The van der Waals surface area contributed by atoms with E-state index in [0.29, 0.717) is 25.5 Å². The summed E-state index contributed by atoms with van der Waals surface area (Å²) in [4.78, 5) is 29.2. The zero-order valence-corrected chi connectivity index (χ0v) is 18.6. The molecule has 2 aromatic rings. The normalized spacial score (nSPS) is 10.9. The van der Waals surface area contributed by atoms with E-state index < -0.39 is 0 Å². The van der Waals surface area contributed by atoms with Crippen molar-refractivity contribution in [2.75, 3.05) is 32.1 Å². The lowest BCUT2D eigenvalue weighted by Gasteiger charge is -2.30. The number of nitrogens with one attached hydrogen (secondary N) is 1. The second-order valence-electron chi connectivity index (χ2n) is 7.48. The molecule has 0 radical (unpaired) electrons. The highest BCUT2D eigenvalue weighted by Gasteiger charge is 2.24. The minimum atomic E-state index is -0.292. The Bertz CT molecular complexity index is 831. The number of anilines is 1. The standard InChI is InChI=1S/C23H33N3O4/c1-6-19-9-7-8-10-21(19)24-23(28)26(17(2)3)16-22(27)25(13-14-29-5)15-20-12-11-18(4)30-20/h7-12,17H,6,13-16H2,1-5H3,(H,24,28). The van der Waals surface area contributed by atoms with Gasteiger partial charge in [0.25, 0.3) is 0 Å². The van der Waals surface area contributed by atoms with Crippen molar-refractivity contribution < 1.29 is 18.7 Å². The van der Waals surface area contributed by atoms with Crippen LogP contribution in [0.5, 0.6) is 0 Å². The lowest BCUT2D eigenvalue weighted by Crippen LogP contribution is -2.47. The number of rotatable bonds is 10. The number of benzene rings is 1. The molecule has 30 heavy (non-hydrogen) atoms. The van der Waals surface area contributed by atoms with E-state index in [0.717, 1.165) is 23.4 Å². The Morgan fingerprint density at radius 3 is 2.50 bits per heavy atom. The maximum Gasteiger partial charge on any atom is 0.322 e. The zero-order valence-electron chi connectivity index (χ0n) is 18.6. The van der Waals surface area contributed by atoms with Crippen molar-refractivity contribution in [3.05, 3.63) is 53.5 Å². The topological polar surface area (TPSA) is 75.0 Å². The third-order valence-corrected chi connectivity index (χ3v) is 4.89. The summed E-state index contributed by atoms with van der Waals surface area (Å²) in [6.45, 7) is 8.83. The Balaban J connectivity index is 2.11. The molecule has 0 fully saturated rings. The molecule has 0 atom stereocenters. The van der Waals surface area contributed by atoms with Gasteiger partial charge in [0.2, 0.25) is 5.91 Å². The van der Waals surface area contributed by atoms with Crippen LogP contribution < -0.4 is 5.32 Å². The molecule has 2 rings (SSSR count). The number of ether oxygens (including phenoxy) is 1. The van der Waals surface area contributed by atoms with Gasteiger partial charge in [-0.1, -0.05) is 25.1 Å². The lowest BCUT2D eigenvalue weighted by atomic mass is 10.1. The molecule has 0 aliphatic carbocycles. The van der Waals surface area contributed by atoms with Crippen molar-refractivity contribution in [3.63, 3.8) is 0 Å². The number of methoxy groups -OCH3 is 1. The fourth-order valence-electron chi connectivity index (χ4n) is 3.12. The second kappa shape index (κ2) is 11.4. The number of aryl methyl sites for hydroxylation is 2. The summed E-state index contributed by atoms with van der Waals surface area (Å²) in [6, 6.07) is 11.0. The van der Waals surface area contributed by atoms with Gasteiger partial charge in [0.15, 0.2) is 0 Å². The molecule has 0 saturated heterocycles. The summed E-state index contributed by atoms with van der Waals surface area (Å²) in [5.74, 6) is 1.34. The van der Waals surface area contributed by atoms with Crippen LogP contribution in [0.4, 0.5) is 10.5 Å². The maximum absolute atomic E-state index is 13.1. The van der Waals surface area contributed by atoms with Gasteiger partial charge < -0.3 is 24.3 Å². The van der Waals surface area contributed by atoms with Crippen molar-refractivity contribution in [1.82, 2.24) is 9.80 Å². The van der Waals surface area contributed by atoms with E-state index in [1.807, 2.05) is 64.1 Å². The van der Waals surface area contributed by atoms with Gasteiger partial charge in [-0.05, 0) is 51.0 Å². The first kappa shape index (κ1) is 23.5. The van der Waals surface area contributed by atoms with Gasteiger partial charge in [-0.25, -0.2) is 4.79 Å². The van der Waals surface area contributed by atoms with Gasteiger partial charge in [0.05, 0.1) is 13.2 Å². The maximum atomic E-state index is 13.1. The van der Waals surface area contributed by atoms with E-state index >= 15 is 0 Å². The van der Waals surface area contributed by atoms with Crippen LogP contribution in [-0.2, 0) is 22.5 Å². The Morgan fingerprint density at radius 1 is 1.17 bits per heavy atom. The van der Waals surface area contributed by atoms with Crippen LogP contribution in [0.15, 0.2) is 40.8 Å². The van der Waals surface area contributed by atoms with Crippen molar-refractivity contribution in [2.24, 2.45) is 0 Å². The number of furan rings is 1. The van der Waals surface area contributed by atoms with Gasteiger partial charge >= 0.3 is 6.03 Å². The zero-order chi connectivity index (χ0) is 22.1. The predicted octanol–water partition coefficient (Wildman–Crippen LogP) is 4.07. The number of para-hydroxylation sites is 1. The number of amides is 3. The number of hydrogen-bond acceptors (Lipinski definition) is 4. The Labute approximate surface area is 179 Å². The van der Waals surface area contributed by atoms with Crippen LogP contribution in [0.3, 0.4) is 0 Å². The largest absolute Gasteiger partial charge is 0.464 e. The summed E-state index contributed by atoms with van der Waals surface area (Å²) in [5, 5.41) is 2.96. The first-order chi connectivity index (χ1) is 14.3. The molecular formula is C23H33N3O4. The molecule has 1 N–H and O–H groups in total. The fourth-order valence-corrected chi connectivity index (χ4v) is 3.12. The van der Waals surface area contributed by atoms with E-state index in [-0.39, 0.29) is 24.5 Å². The highest BCUT2D eigenvalue weighted by molar-refractivity contribution is 5.93. The molecule has 0 aliphatic heterocycles. The van der Waals surface area contributed by atoms with E-state index in [1.54, 1.807) is 16.9 Å². The van der Waals surface area contributed by atoms with E-state index in [1.165, 1.54) is 0 Å². The Morgan fingerprint density at radius 2 is 1.90 bits per heavy atom. The monoisotopic (exact) mass is 415 g/mol. The van der Waals surface area contributed by atoms with Gasteiger partial charge in [-0.15, -0.1) is 0 Å². The van der Waals surface area contributed by atoms with Crippen LogP contribution in [0, 0.1) is 6.92 Å². The molecule has 0 unspecified atom stereocenters. The van der Waals surface area contributed by atoms with Gasteiger partial charge in [-0.2, -0.15) is 0 Å². The highest BCUT2D eigenvalue weighted by atomic mass is 16.5. The van der Waals surface area contributed by atoms with Crippen LogP contribution in [-0.4, -0.2) is 54.6 Å². The Kier molecular flexibility index (Phi) is 8.92. The molecule has 0 saturated carbocycles. The molecule has 7 heteroatoms. The van der Waals surface area contributed by atoms with E-state index in [2.05, 4.69) is 5.32 Å². The van der Waals surface area contributed by atoms with Crippen molar-refractivity contribution in [3.8, 4) is 0 Å². The molecule has 164 valence electrons. The average Bonchev–Trinajstić information content (AvgIpc) is 3.13. The first-order valence-electron chi connectivity index (χ1n) is 10.3. The lowest BCUT2D eigenvalue weighted by molar-refractivity contribution is -0.133. The molecule has 0 bridgehead atoms. The summed E-state index contributed by atoms with van der Waals surface area (Å²) in [6.07, 6.45) is 0.810. The Hall–Kier alpha value is -2.80. The van der Waals surface area contributed by atoms with E-state index in [4.69, 9.17) is 9.15 Å². The van der Waals surface area contributed by atoms with Gasteiger partial charge in [-0.3, -0.25) is 4.79 Å². The molecule has 1 heterocycles. The van der Waals surface area contributed by atoms with Crippen LogP contribution in [0.25, 0.3) is 0 Å². The summed E-state index contributed by atoms with van der Waals surface area (Å²) < 4.78 is 10.8. The summed E-state index contributed by atoms with van der Waals surface area (Å²) >= 11 is 0. The molecule has 3 amide bonds. The third kappa shape index (κ3) is 6.62. The molecule has 1 aromatic heterocycles. The predicted molar refractivity (Wildman–Crippen MR) is 117 cm³/mol. The number of carbonyl (C=O) groups is 2.